The average molecular weight is 622 g/mol. The van der Waals surface area contributed by atoms with Gasteiger partial charge in [0.05, 0.1) is 6.04 Å². The molecule has 2 aromatic carbocycles. The number of nitrogens with one attached hydrogen (secondary N) is 1. The van der Waals surface area contributed by atoms with Crippen LogP contribution in [0.5, 0.6) is 0 Å². The van der Waals surface area contributed by atoms with E-state index in [4.69, 9.17) is 37.8 Å². The first-order valence-corrected chi connectivity index (χ1v) is 14.2. The van der Waals surface area contributed by atoms with Crippen LogP contribution in [0.4, 0.5) is 10.5 Å². The van der Waals surface area contributed by atoms with Crippen LogP contribution in [0.15, 0.2) is 73.8 Å². The summed E-state index contributed by atoms with van der Waals surface area (Å²) in [5.74, 6) is -1.81. The summed E-state index contributed by atoms with van der Waals surface area (Å²) >= 11 is 0. The van der Waals surface area contributed by atoms with E-state index in [0.717, 1.165) is 4.90 Å². The molecular formula is C30H39N9O6. The Kier molecular flexibility index (Phi) is 12.4. The summed E-state index contributed by atoms with van der Waals surface area (Å²) in [7, 11) is 0. The standard InChI is InChI=1S/C30H39N9O6/c1-18-15-25(40)45-24-16-20(11-12-21(18)24)38-26(41)23(10-6-14-37-29(34)35)39(27(42)22(31)9-5-13-36-28(32)33)30(43)44-17-19-7-3-2-4-8-19/h2-4,7-8,11-12,15-16,22-23H,5-6,9-10,13-14,17,31H2,1H3,(H,38,41)(H4,32,33,36)(H4,34,35,37)/t22-,23-/m0/s1. The molecule has 240 valence electrons. The Balaban J connectivity index is 1.93. The summed E-state index contributed by atoms with van der Waals surface area (Å²) in [4.78, 5) is 61.6. The minimum Gasteiger partial charge on any atom is -0.444 e. The zero-order valence-electron chi connectivity index (χ0n) is 25.0. The Morgan fingerprint density at radius 1 is 0.933 bits per heavy atom. The second-order valence-corrected chi connectivity index (χ2v) is 10.2. The van der Waals surface area contributed by atoms with Gasteiger partial charge in [-0.2, -0.15) is 0 Å². The molecule has 1 aromatic heterocycles. The van der Waals surface area contributed by atoms with Crippen molar-refractivity contribution in [1.82, 2.24) is 4.90 Å². The van der Waals surface area contributed by atoms with Crippen LogP contribution in [0.2, 0.25) is 0 Å². The molecule has 0 bridgehead atoms. The van der Waals surface area contributed by atoms with E-state index in [9.17, 15) is 19.2 Å². The number of benzene rings is 2. The van der Waals surface area contributed by atoms with Crippen LogP contribution in [-0.4, -0.2) is 59.9 Å². The largest absolute Gasteiger partial charge is 0.444 e. The summed E-state index contributed by atoms with van der Waals surface area (Å²) < 4.78 is 10.8. The molecule has 2 atom stereocenters. The Labute approximate surface area is 259 Å². The Hall–Kier alpha value is -5.44. The van der Waals surface area contributed by atoms with Crippen LogP contribution in [-0.2, 0) is 20.9 Å². The van der Waals surface area contributed by atoms with Crippen LogP contribution in [0.1, 0.15) is 36.8 Å². The highest BCUT2D eigenvalue weighted by molar-refractivity contribution is 6.04. The molecule has 0 saturated carbocycles. The second kappa shape index (κ2) is 16.4. The number of imide groups is 1. The number of aryl methyl sites for hydroxylation is 1. The number of rotatable bonds is 14. The highest BCUT2D eigenvalue weighted by Crippen LogP contribution is 2.22. The number of carbonyl (C=O) groups is 3. The predicted molar refractivity (Wildman–Crippen MR) is 171 cm³/mol. The lowest BCUT2D eigenvalue weighted by Crippen LogP contribution is -2.55. The third-order valence-corrected chi connectivity index (χ3v) is 6.69. The highest BCUT2D eigenvalue weighted by Gasteiger charge is 2.38. The zero-order chi connectivity index (χ0) is 32.9. The number of carbonyl (C=O) groups excluding carboxylic acids is 3. The first-order chi connectivity index (χ1) is 21.5. The molecule has 3 aromatic rings. The minimum absolute atomic E-state index is 0.0305. The third kappa shape index (κ3) is 10.4. The fraction of sp³-hybridized carbons (Fsp3) is 0.333. The van der Waals surface area contributed by atoms with Gasteiger partial charge in [-0.05, 0) is 55.9 Å². The van der Waals surface area contributed by atoms with Gasteiger partial charge in [0, 0.05) is 36.3 Å². The van der Waals surface area contributed by atoms with Gasteiger partial charge in [-0.15, -0.1) is 0 Å². The normalized spacial score (nSPS) is 12.0. The minimum atomic E-state index is -1.38. The number of fused-ring (bicyclic) bond motifs is 1. The molecule has 0 spiro atoms. The molecule has 0 aliphatic rings. The predicted octanol–water partition coefficient (Wildman–Crippen LogP) is 1.01. The highest BCUT2D eigenvalue weighted by atomic mass is 16.6. The zero-order valence-corrected chi connectivity index (χ0v) is 25.0. The number of hydrogen-bond acceptors (Lipinski definition) is 9. The molecule has 0 unspecified atom stereocenters. The van der Waals surface area contributed by atoms with Crippen molar-refractivity contribution < 1.29 is 23.5 Å². The van der Waals surface area contributed by atoms with E-state index in [2.05, 4.69) is 15.3 Å². The van der Waals surface area contributed by atoms with Crippen molar-refractivity contribution in [2.75, 3.05) is 18.4 Å². The van der Waals surface area contributed by atoms with E-state index in [1.54, 1.807) is 49.4 Å². The van der Waals surface area contributed by atoms with Crippen LogP contribution >= 0.6 is 0 Å². The Bertz CT molecular complexity index is 1600. The monoisotopic (exact) mass is 621 g/mol. The molecule has 45 heavy (non-hydrogen) atoms. The first-order valence-electron chi connectivity index (χ1n) is 14.2. The molecule has 15 nitrogen and oxygen atoms in total. The third-order valence-electron chi connectivity index (χ3n) is 6.69. The molecule has 0 saturated heterocycles. The van der Waals surface area contributed by atoms with Crippen LogP contribution < -0.4 is 39.6 Å². The summed E-state index contributed by atoms with van der Waals surface area (Å²) in [6.07, 6.45) is -0.427. The fourth-order valence-corrected chi connectivity index (χ4v) is 4.48. The Morgan fingerprint density at radius 3 is 2.22 bits per heavy atom. The number of anilines is 1. The van der Waals surface area contributed by atoms with Gasteiger partial charge in [0.2, 0.25) is 11.8 Å². The molecule has 0 aliphatic heterocycles. The van der Waals surface area contributed by atoms with Gasteiger partial charge in [-0.1, -0.05) is 30.3 Å². The van der Waals surface area contributed by atoms with Gasteiger partial charge in [-0.25, -0.2) is 14.5 Å². The molecule has 1 heterocycles. The van der Waals surface area contributed by atoms with Crippen molar-refractivity contribution in [2.24, 2.45) is 38.7 Å². The summed E-state index contributed by atoms with van der Waals surface area (Å²) in [5.41, 5.74) is 29.2. The topological polar surface area (TPSA) is 261 Å². The lowest BCUT2D eigenvalue weighted by atomic mass is 10.1. The van der Waals surface area contributed by atoms with E-state index in [1.165, 1.54) is 12.1 Å². The number of guanidine groups is 2. The quantitative estimate of drug-likeness (QED) is 0.0640. The Morgan fingerprint density at radius 2 is 1.58 bits per heavy atom. The van der Waals surface area contributed by atoms with Crippen molar-refractivity contribution in [3.63, 3.8) is 0 Å². The van der Waals surface area contributed by atoms with E-state index in [1.807, 2.05) is 0 Å². The molecular weight excluding hydrogens is 582 g/mol. The van der Waals surface area contributed by atoms with Crippen LogP contribution in [0.3, 0.4) is 0 Å². The van der Waals surface area contributed by atoms with E-state index < -0.39 is 35.6 Å². The van der Waals surface area contributed by atoms with E-state index >= 15 is 0 Å². The maximum atomic E-state index is 13.8. The molecule has 3 rings (SSSR count). The maximum Gasteiger partial charge on any atom is 0.417 e. The second-order valence-electron chi connectivity index (χ2n) is 10.2. The van der Waals surface area contributed by atoms with Gasteiger partial charge >= 0.3 is 11.7 Å². The van der Waals surface area contributed by atoms with Gasteiger partial charge < -0.3 is 43.1 Å². The maximum absolute atomic E-state index is 13.8. The summed E-state index contributed by atoms with van der Waals surface area (Å²) in [6, 6.07) is 12.4. The average Bonchev–Trinajstić information content (AvgIpc) is 2.99. The van der Waals surface area contributed by atoms with Crippen molar-refractivity contribution in [3.05, 3.63) is 76.1 Å². The number of ether oxygens (including phenoxy) is 1. The number of nitrogens with two attached hydrogens (primary N) is 5. The smallest absolute Gasteiger partial charge is 0.417 e. The molecule has 15 heteroatoms. The van der Waals surface area contributed by atoms with Gasteiger partial charge in [-0.3, -0.25) is 19.6 Å². The SMILES string of the molecule is Cc1cc(=O)oc2cc(NC(=O)[C@H](CCCN=C(N)N)N(C(=O)OCc3ccccc3)C(=O)[C@@H](N)CCCN=C(N)N)ccc12. The number of hydrogen-bond donors (Lipinski definition) is 6. The first kappa shape index (κ1) is 34.1. The van der Waals surface area contributed by atoms with Gasteiger partial charge in [0.1, 0.15) is 18.2 Å². The number of amides is 3. The van der Waals surface area contributed by atoms with Crippen molar-refractivity contribution in [2.45, 2.75) is 51.3 Å². The molecule has 3 amide bonds. The van der Waals surface area contributed by atoms with Crippen LogP contribution in [0.25, 0.3) is 11.0 Å². The lowest BCUT2D eigenvalue weighted by Gasteiger charge is -2.30. The van der Waals surface area contributed by atoms with Crippen LogP contribution in [0, 0.1) is 6.92 Å². The number of aliphatic imine (C=N–C) groups is 2. The molecule has 0 fully saturated rings. The fourth-order valence-electron chi connectivity index (χ4n) is 4.48. The molecule has 0 aliphatic carbocycles. The van der Waals surface area contributed by atoms with E-state index in [-0.39, 0.29) is 62.1 Å². The summed E-state index contributed by atoms with van der Waals surface area (Å²) in [6.45, 7) is 1.93. The lowest BCUT2D eigenvalue weighted by molar-refractivity contribution is -0.138. The molecule has 0 radical (unpaired) electrons. The van der Waals surface area contributed by atoms with Crippen molar-refractivity contribution in [3.8, 4) is 0 Å². The van der Waals surface area contributed by atoms with E-state index in [0.29, 0.717) is 22.9 Å². The molecule has 11 N–H and O–H groups in total. The van der Waals surface area contributed by atoms with Crippen molar-refractivity contribution in [1.29, 1.82) is 0 Å². The van der Waals surface area contributed by atoms with Crippen molar-refractivity contribution >= 4 is 46.5 Å². The van der Waals surface area contributed by atoms with Gasteiger partial charge in [0.15, 0.2) is 11.9 Å². The number of nitrogens with zero attached hydrogens (tertiary/aromatic N) is 3. The van der Waals surface area contributed by atoms with Gasteiger partial charge in [0.25, 0.3) is 0 Å². The summed E-state index contributed by atoms with van der Waals surface area (Å²) in [5, 5.41) is 3.39.